The predicted molar refractivity (Wildman–Crippen MR) is 180 cm³/mol. The number of aromatic hydroxyl groups is 1. The summed E-state index contributed by atoms with van der Waals surface area (Å²) in [4.78, 5) is 46.2. The van der Waals surface area contributed by atoms with Gasteiger partial charge in [0, 0.05) is 50.9 Å². The van der Waals surface area contributed by atoms with Crippen molar-refractivity contribution < 1.29 is 32.7 Å². The summed E-state index contributed by atoms with van der Waals surface area (Å²) >= 11 is 6.02. The molecule has 0 spiro atoms. The molecule has 0 unspecified atom stereocenters. The lowest BCUT2D eigenvalue weighted by Gasteiger charge is -2.40. The molecule has 0 bridgehead atoms. The molecule has 3 saturated heterocycles. The highest BCUT2D eigenvalue weighted by atomic mass is 35.5. The molecule has 9 nitrogen and oxygen atoms in total. The number of piperidine rings is 3. The Hall–Kier alpha value is -3.51. The lowest BCUT2D eigenvalue weighted by Crippen LogP contribution is -2.50. The molecule has 49 heavy (non-hydrogen) atoms. The summed E-state index contributed by atoms with van der Waals surface area (Å²) in [6.07, 6.45) is 0.742. The molecule has 3 fully saturated rings. The van der Waals surface area contributed by atoms with Crippen molar-refractivity contribution in [3.63, 3.8) is 0 Å². The van der Waals surface area contributed by atoms with Crippen LogP contribution in [-0.4, -0.2) is 89.5 Å². The Morgan fingerprint density at radius 1 is 0.918 bits per heavy atom. The molecular weight excluding hydrogens is 659 g/mol. The van der Waals surface area contributed by atoms with Gasteiger partial charge in [0.15, 0.2) is 0 Å². The number of nitrogens with one attached hydrogen (secondary N) is 2. The first kappa shape index (κ1) is 35.3. The molecule has 0 aromatic heterocycles. The Kier molecular flexibility index (Phi) is 10.9. The molecule has 4 amide bonds. The van der Waals surface area contributed by atoms with Gasteiger partial charge in [-0.1, -0.05) is 29.8 Å². The Morgan fingerprint density at radius 3 is 2.27 bits per heavy atom. The van der Waals surface area contributed by atoms with Crippen LogP contribution >= 0.6 is 11.6 Å². The van der Waals surface area contributed by atoms with E-state index >= 15 is 0 Å². The number of rotatable bonds is 7. The van der Waals surface area contributed by atoms with Crippen LogP contribution in [0.15, 0.2) is 36.4 Å². The van der Waals surface area contributed by atoms with Crippen molar-refractivity contribution >= 4 is 35.1 Å². The molecule has 2 aromatic rings. The first-order valence-corrected chi connectivity index (χ1v) is 17.9. The first-order valence-electron chi connectivity index (χ1n) is 17.5. The number of carbonyl (C=O) groups excluding carboxylic acids is 3. The zero-order valence-corrected chi connectivity index (χ0v) is 28.4. The Morgan fingerprint density at radius 2 is 1.57 bits per heavy atom. The molecule has 4 aliphatic heterocycles. The second-order valence-corrected chi connectivity index (χ2v) is 14.4. The van der Waals surface area contributed by atoms with E-state index in [1.54, 1.807) is 9.80 Å². The van der Waals surface area contributed by atoms with Gasteiger partial charge in [0.05, 0.1) is 16.5 Å². The number of anilines is 1. The highest BCUT2D eigenvalue weighted by Crippen LogP contribution is 2.41. The Bertz CT molecular complexity index is 1520. The molecule has 0 saturated carbocycles. The largest absolute Gasteiger partial charge is 0.506 e. The fraction of sp³-hybridized carbons (Fsp3) is 0.583. The van der Waals surface area contributed by atoms with Gasteiger partial charge in [-0.2, -0.15) is 13.2 Å². The monoisotopic (exact) mass is 703 g/mol. The number of likely N-dealkylation sites (tertiary alicyclic amines) is 2. The molecule has 4 heterocycles. The number of phenols is 1. The van der Waals surface area contributed by atoms with E-state index in [4.69, 9.17) is 11.6 Å². The zero-order valence-electron chi connectivity index (χ0n) is 27.6. The second-order valence-electron chi connectivity index (χ2n) is 14.0. The van der Waals surface area contributed by atoms with Gasteiger partial charge >= 0.3 is 12.2 Å². The van der Waals surface area contributed by atoms with Gasteiger partial charge in [0.1, 0.15) is 5.75 Å². The minimum Gasteiger partial charge on any atom is -0.506 e. The number of benzene rings is 2. The highest BCUT2D eigenvalue weighted by Gasteiger charge is 2.38. The van der Waals surface area contributed by atoms with E-state index in [2.05, 4.69) is 10.6 Å². The normalized spacial score (nSPS) is 20.8. The van der Waals surface area contributed by atoms with E-state index in [9.17, 15) is 32.7 Å². The fourth-order valence-corrected chi connectivity index (χ4v) is 8.43. The van der Waals surface area contributed by atoms with Crippen molar-refractivity contribution in [1.29, 1.82) is 0 Å². The summed E-state index contributed by atoms with van der Waals surface area (Å²) in [7, 11) is 0. The molecule has 2 aromatic carbocycles. The Balaban J connectivity index is 1.12. The van der Waals surface area contributed by atoms with Crippen molar-refractivity contribution in [1.82, 2.24) is 20.0 Å². The predicted octanol–water partition coefficient (Wildman–Crippen LogP) is 5.93. The average Bonchev–Trinajstić information content (AvgIpc) is 3.27. The number of fused-ring (bicyclic) bond motifs is 1. The van der Waals surface area contributed by atoms with E-state index in [0.717, 1.165) is 62.5 Å². The molecule has 1 atom stereocenters. The van der Waals surface area contributed by atoms with Crippen LogP contribution < -0.4 is 10.6 Å². The van der Waals surface area contributed by atoms with Crippen LogP contribution in [0.5, 0.6) is 5.75 Å². The van der Waals surface area contributed by atoms with E-state index in [1.807, 2.05) is 29.2 Å². The summed E-state index contributed by atoms with van der Waals surface area (Å²) in [6, 6.07) is 9.60. The van der Waals surface area contributed by atoms with Crippen molar-refractivity contribution in [2.75, 3.05) is 51.1 Å². The lowest BCUT2D eigenvalue weighted by molar-refractivity contribution is -0.143. The van der Waals surface area contributed by atoms with Crippen LogP contribution in [0.25, 0.3) is 0 Å². The Labute approximate surface area is 290 Å². The lowest BCUT2D eigenvalue weighted by atomic mass is 9.79. The third-order valence-corrected chi connectivity index (χ3v) is 11.3. The third kappa shape index (κ3) is 8.28. The molecular formula is C36H45ClF3N5O4. The maximum atomic E-state index is 14.0. The van der Waals surface area contributed by atoms with E-state index in [-0.39, 0.29) is 42.3 Å². The number of alkyl halides is 3. The standard InChI is InChI=1S/C36H45ClF3N5O4/c37-30-21-23(20-29(33(30)47)36(38,39)40)19-27(34(48)44-14-7-25(8-15-44)24-5-12-41-13-6-24)22-32(46)43-16-10-28(11-17-43)45-18-9-26-3-1-2-4-31(26)42-35(45)49/h1-4,20-21,24-25,27-28,41,47H,5-19,22H2,(H,42,49)/t27-/m0/s1. The molecule has 13 heteroatoms. The fourth-order valence-electron chi connectivity index (χ4n) is 8.19. The smallest absolute Gasteiger partial charge is 0.420 e. The van der Waals surface area contributed by atoms with Gasteiger partial charge < -0.3 is 30.4 Å². The maximum Gasteiger partial charge on any atom is 0.420 e. The number of amides is 4. The highest BCUT2D eigenvalue weighted by molar-refractivity contribution is 6.32. The number of hydrogen-bond donors (Lipinski definition) is 3. The van der Waals surface area contributed by atoms with Crippen molar-refractivity contribution in [3.05, 3.63) is 58.1 Å². The number of nitrogens with zero attached hydrogens (tertiary/aromatic N) is 3. The minimum absolute atomic E-state index is 0.0445. The van der Waals surface area contributed by atoms with Gasteiger partial charge in [0.2, 0.25) is 11.8 Å². The van der Waals surface area contributed by atoms with Crippen LogP contribution in [-0.2, 0) is 28.6 Å². The van der Waals surface area contributed by atoms with Crippen molar-refractivity contribution in [2.24, 2.45) is 17.8 Å². The minimum atomic E-state index is -4.84. The average molecular weight is 704 g/mol. The summed E-state index contributed by atoms with van der Waals surface area (Å²) in [5.41, 5.74) is 0.760. The first-order chi connectivity index (χ1) is 23.5. The van der Waals surface area contributed by atoms with Crippen molar-refractivity contribution in [3.8, 4) is 5.75 Å². The van der Waals surface area contributed by atoms with Crippen LogP contribution in [0.4, 0.5) is 23.7 Å². The van der Waals surface area contributed by atoms with Gasteiger partial charge in [-0.3, -0.25) is 9.59 Å². The van der Waals surface area contributed by atoms with Gasteiger partial charge in [-0.25, -0.2) is 4.79 Å². The number of urea groups is 1. The number of carbonyl (C=O) groups is 3. The SMILES string of the molecule is O=C(C[C@H](Cc1cc(Cl)c(O)c(C(F)(F)F)c1)C(=O)N1CCC(C2CCNCC2)CC1)N1CCC(N2CCc3ccccc3NC2=O)CC1. The maximum absolute atomic E-state index is 14.0. The number of halogens is 4. The van der Waals surface area contributed by atoms with E-state index < -0.39 is 28.4 Å². The molecule has 4 aliphatic rings. The molecule has 266 valence electrons. The zero-order chi connectivity index (χ0) is 34.7. The third-order valence-electron chi connectivity index (χ3n) is 11.0. The molecule has 3 N–H and O–H groups in total. The van der Waals surface area contributed by atoms with Crippen LogP contribution in [0.3, 0.4) is 0 Å². The quantitative estimate of drug-likeness (QED) is 0.332. The summed E-state index contributed by atoms with van der Waals surface area (Å²) in [6.45, 7) is 4.49. The molecule has 0 radical (unpaired) electrons. The summed E-state index contributed by atoms with van der Waals surface area (Å²) < 4.78 is 41.2. The van der Waals surface area contributed by atoms with E-state index in [0.29, 0.717) is 57.4 Å². The van der Waals surface area contributed by atoms with Gasteiger partial charge in [0.25, 0.3) is 0 Å². The summed E-state index contributed by atoms with van der Waals surface area (Å²) in [5, 5.41) is 16.0. The van der Waals surface area contributed by atoms with Gasteiger partial charge in [-0.15, -0.1) is 0 Å². The van der Waals surface area contributed by atoms with E-state index in [1.165, 1.54) is 6.07 Å². The second kappa shape index (κ2) is 15.2. The molecule has 0 aliphatic carbocycles. The van der Waals surface area contributed by atoms with Gasteiger partial charge in [-0.05, 0) is 106 Å². The van der Waals surface area contributed by atoms with Crippen LogP contribution in [0.1, 0.15) is 61.6 Å². The van der Waals surface area contributed by atoms with Crippen molar-refractivity contribution in [2.45, 2.75) is 70.0 Å². The van der Waals surface area contributed by atoms with Crippen LogP contribution in [0.2, 0.25) is 5.02 Å². The van der Waals surface area contributed by atoms with Crippen LogP contribution in [0, 0.1) is 17.8 Å². The molecule has 6 rings (SSSR count). The number of para-hydroxylation sites is 1. The summed E-state index contributed by atoms with van der Waals surface area (Å²) in [5.74, 6) is -1.29. The number of phenolic OH excluding ortho intramolecular Hbond substituents is 1. The number of hydrogen-bond acceptors (Lipinski definition) is 5. The topological polar surface area (TPSA) is 105 Å².